The van der Waals surface area contributed by atoms with Crippen molar-refractivity contribution in [3.8, 4) is 0 Å². The monoisotopic (exact) mass is 481 g/mol. The molecule has 8 heteroatoms. The molecule has 2 aromatic rings. The maximum absolute atomic E-state index is 13.5. The quantitative estimate of drug-likeness (QED) is 0.698. The van der Waals surface area contributed by atoms with Crippen LogP contribution in [0.2, 0.25) is 0 Å². The second-order valence-corrected chi connectivity index (χ2v) is 11.5. The van der Waals surface area contributed by atoms with Crippen LogP contribution in [0.1, 0.15) is 61.3 Å². The first kappa shape index (κ1) is 23.1. The Hall–Kier alpha value is -2.71. The van der Waals surface area contributed by atoms with E-state index in [4.69, 9.17) is 0 Å². The molecule has 2 N–H and O–H groups in total. The number of hydrogen-bond acceptors (Lipinski definition) is 4. The first-order valence-electron chi connectivity index (χ1n) is 12.2. The SMILES string of the molecule is O=C1CCCc2cc(S(=O)(=O)N3CCC[C@@H](C(=O)N[C@@H]4CCCc5ccccc54)C3)ccc2N1. The molecule has 180 valence electrons. The zero-order valence-corrected chi connectivity index (χ0v) is 20.1. The maximum atomic E-state index is 13.5. The average molecular weight is 482 g/mol. The third-order valence-electron chi connectivity index (χ3n) is 7.28. The molecule has 0 bridgehead atoms. The van der Waals surface area contributed by atoms with Gasteiger partial charge in [0.05, 0.1) is 16.9 Å². The fourth-order valence-electron chi connectivity index (χ4n) is 5.43. The average Bonchev–Trinajstić information content (AvgIpc) is 3.04. The molecule has 0 unspecified atom stereocenters. The fraction of sp³-hybridized carbons (Fsp3) is 0.462. The van der Waals surface area contributed by atoms with E-state index in [9.17, 15) is 18.0 Å². The van der Waals surface area contributed by atoms with Crippen molar-refractivity contribution in [3.63, 3.8) is 0 Å². The highest BCUT2D eigenvalue weighted by atomic mass is 32.2. The molecule has 2 heterocycles. The Labute approximate surface area is 201 Å². The predicted molar refractivity (Wildman–Crippen MR) is 130 cm³/mol. The Bertz CT molecular complexity index is 1210. The van der Waals surface area contributed by atoms with Gasteiger partial charge in [-0.2, -0.15) is 4.31 Å². The first-order valence-corrected chi connectivity index (χ1v) is 13.7. The van der Waals surface area contributed by atoms with E-state index >= 15 is 0 Å². The number of hydrogen-bond donors (Lipinski definition) is 2. The van der Waals surface area contributed by atoms with Crippen LogP contribution in [0.3, 0.4) is 0 Å². The number of sulfonamides is 1. The Morgan fingerprint density at radius 2 is 1.79 bits per heavy atom. The van der Waals surface area contributed by atoms with E-state index in [0.29, 0.717) is 44.3 Å². The van der Waals surface area contributed by atoms with E-state index in [0.717, 1.165) is 24.8 Å². The van der Waals surface area contributed by atoms with Gasteiger partial charge in [0.15, 0.2) is 0 Å². The zero-order valence-electron chi connectivity index (χ0n) is 19.3. The molecule has 34 heavy (non-hydrogen) atoms. The van der Waals surface area contributed by atoms with Gasteiger partial charge in [0.2, 0.25) is 21.8 Å². The molecular formula is C26H31N3O4S. The molecule has 5 rings (SSSR count). The number of nitrogens with zero attached hydrogens (tertiary/aromatic N) is 1. The molecule has 1 saturated heterocycles. The maximum Gasteiger partial charge on any atom is 0.243 e. The van der Waals surface area contributed by atoms with Crippen molar-refractivity contribution in [2.75, 3.05) is 18.4 Å². The summed E-state index contributed by atoms with van der Waals surface area (Å²) in [5.74, 6) is -0.469. The summed E-state index contributed by atoms with van der Waals surface area (Å²) in [5.41, 5.74) is 3.99. The topological polar surface area (TPSA) is 95.6 Å². The molecule has 0 saturated carbocycles. The first-order chi connectivity index (χ1) is 16.4. The lowest BCUT2D eigenvalue weighted by molar-refractivity contribution is -0.127. The van der Waals surface area contributed by atoms with Crippen LogP contribution in [0, 0.1) is 5.92 Å². The molecule has 2 aromatic carbocycles. The van der Waals surface area contributed by atoms with Gasteiger partial charge in [0.25, 0.3) is 0 Å². The number of anilines is 1. The van der Waals surface area contributed by atoms with Gasteiger partial charge in [0, 0.05) is 25.2 Å². The van der Waals surface area contributed by atoms with Crippen LogP contribution < -0.4 is 10.6 Å². The van der Waals surface area contributed by atoms with Crippen LogP contribution >= 0.6 is 0 Å². The molecule has 2 amide bonds. The second-order valence-electron chi connectivity index (χ2n) is 9.58. The molecule has 2 aliphatic heterocycles. The van der Waals surface area contributed by atoms with Gasteiger partial charge < -0.3 is 10.6 Å². The number of rotatable bonds is 4. The minimum Gasteiger partial charge on any atom is -0.349 e. The van der Waals surface area contributed by atoms with Crippen LogP contribution in [0.5, 0.6) is 0 Å². The molecule has 0 aromatic heterocycles. The van der Waals surface area contributed by atoms with Gasteiger partial charge in [-0.15, -0.1) is 0 Å². The van der Waals surface area contributed by atoms with Crippen molar-refractivity contribution in [2.45, 2.75) is 62.3 Å². The number of piperidine rings is 1. The van der Waals surface area contributed by atoms with E-state index in [1.807, 2.05) is 12.1 Å². The van der Waals surface area contributed by atoms with Crippen LogP contribution in [0.15, 0.2) is 47.4 Å². The van der Waals surface area contributed by atoms with Gasteiger partial charge >= 0.3 is 0 Å². The molecule has 1 fully saturated rings. The molecule has 3 aliphatic rings. The highest BCUT2D eigenvalue weighted by Gasteiger charge is 2.35. The summed E-state index contributed by atoms with van der Waals surface area (Å²) >= 11 is 0. The molecule has 0 spiro atoms. The number of nitrogens with one attached hydrogen (secondary N) is 2. The summed E-state index contributed by atoms with van der Waals surface area (Å²) in [6.07, 6.45) is 6.09. The van der Waals surface area contributed by atoms with Crippen molar-refractivity contribution in [2.24, 2.45) is 5.92 Å². The van der Waals surface area contributed by atoms with Crippen molar-refractivity contribution in [3.05, 3.63) is 59.2 Å². The van der Waals surface area contributed by atoms with E-state index < -0.39 is 10.0 Å². The van der Waals surface area contributed by atoms with Gasteiger partial charge in [-0.25, -0.2) is 8.42 Å². The van der Waals surface area contributed by atoms with Crippen LogP contribution in [-0.2, 0) is 32.5 Å². The van der Waals surface area contributed by atoms with Crippen molar-refractivity contribution < 1.29 is 18.0 Å². The van der Waals surface area contributed by atoms with E-state index in [-0.39, 0.29) is 35.2 Å². The largest absolute Gasteiger partial charge is 0.349 e. The van der Waals surface area contributed by atoms with Gasteiger partial charge in [-0.3, -0.25) is 9.59 Å². The fourth-order valence-corrected chi connectivity index (χ4v) is 7.00. The smallest absolute Gasteiger partial charge is 0.243 e. The number of amides is 2. The van der Waals surface area contributed by atoms with Crippen molar-refractivity contribution >= 4 is 27.5 Å². The Morgan fingerprint density at radius 1 is 0.971 bits per heavy atom. The number of carbonyl (C=O) groups excluding carboxylic acids is 2. The van der Waals surface area contributed by atoms with Crippen LogP contribution in [0.25, 0.3) is 0 Å². The van der Waals surface area contributed by atoms with E-state index in [2.05, 4.69) is 22.8 Å². The van der Waals surface area contributed by atoms with Gasteiger partial charge in [-0.1, -0.05) is 24.3 Å². The summed E-state index contributed by atoms with van der Waals surface area (Å²) in [5, 5.41) is 6.06. The second kappa shape index (κ2) is 9.50. The van der Waals surface area contributed by atoms with Crippen molar-refractivity contribution in [1.82, 2.24) is 9.62 Å². The number of carbonyl (C=O) groups is 2. The van der Waals surface area contributed by atoms with Crippen LogP contribution in [-0.4, -0.2) is 37.6 Å². The lowest BCUT2D eigenvalue weighted by atomic mass is 9.87. The minimum atomic E-state index is -3.73. The highest BCUT2D eigenvalue weighted by molar-refractivity contribution is 7.89. The summed E-state index contributed by atoms with van der Waals surface area (Å²) in [4.78, 5) is 25.2. The van der Waals surface area contributed by atoms with Gasteiger partial charge in [0.1, 0.15) is 0 Å². The van der Waals surface area contributed by atoms with E-state index in [1.54, 1.807) is 18.2 Å². The Kier molecular flexibility index (Phi) is 6.44. The summed E-state index contributed by atoms with van der Waals surface area (Å²) in [6.45, 7) is 0.600. The predicted octanol–water partition coefficient (Wildman–Crippen LogP) is 3.56. The number of fused-ring (bicyclic) bond motifs is 2. The molecule has 2 atom stereocenters. The summed E-state index contributed by atoms with van der Waals surface area (Å²) in [6, 6.07) is 13.1. The number of aryl methyl sites for hydroxylation is 2. The molecule has 1 aliphatic carbocycles. The molecular weight excluding hydrogens is 450 g/mol. The lowest BCUT2D eigenvalue weighted by Gasteiger charge is -2.33. The summed E-state index contributed by atoms with van der Waals surface area (Å²) in [7, 11) is -3.73. The third kappa shape index (κ3) is 4.61. The normalized spacial score (nSPS) is 23.2. The minimum absolute atomic E-state index is 0.00998. The van der Waals surface area contributed by atoms with Crippen molar-refractivity contribution in [1.29, 1.82) is 0 Å². The summed E-state index contributed by atoms with van der Waals surface area (Å²) < 4.78 is 28.4. The standard InChI is InChI=1S/C26H31N3O4S/c30-25-12-4-8-19-16-21(13-14-23(19)27-25)34(32,33)29-15-5-9-20(17-29)26(31)28-24-11-3-7-18-6-1-2-10-22(18)24/h1-2,6,10,13-14,16,20,24H,3-5,7-9,11-12,15,17H2,(H,27,30)(H,28,31)/t20-,24-/m1/s1. The highest BCUT2D eigenvalue weighted by Crippen LogP contribution is 2.32. The van der Waals surface area contributed by atoms with E-state index in [1.165, 1.54) is 15.4 Å². The molecule has 7 nitrogen and oxygen atoms in total. The van der Waals surface area contributed by atoms with Gasteiger partial charge in [-0.05, 0) is 79.8 Å². The lowest BCUT2D eigenvalue weighted by Crippen LogP contribution is -2.46. The molecule has 0 radical (unpaired) electrons. The third-order valence-corrected chi connectivity index (χ3v) is 9.14. The van der Waals surface area contributed by atoms with Crippen LogP contribution in [0.4, 0.5) is 5.69 Å². The number of benzene rings is 2. The Morgan fingerprint density at radius 3 is 2.68 bits per heavy atom. The zero-order chi connectivity index (χ0) is 23.7. The Balaban J connectivity index is 1.30.